The van der Waals surface area contributed by atoms with Gasteiger partial charge in [0.1, 0.15) is 17.3 Å². The first-order valence-electron chi connectivity index (χ1n) is 7.78. The van der Waals surface area contributed by atoms with Crippen molar-refractivity contribution in [1.82, 2.24) is 20.2 Å². The number of benzene rings is 1. The first-order chi connectivity index (χ1) is 11.6. The van der Waals surface area contributed by atoms with Crippen LogP contribution in [0.3, 0.4) is 0 Å². The Morgan fingerprint density at radius 2 is 1.96 bits per heavy atom. The van der Waals surface area contributed by atoms with E-state index < -0.39 is 0 Å². The standard InChI is InChI=1S/C17H22FN5O/c1-23(2)10-9-20-17(24)15-11-22-16(12-21-15)19-8-7-13-5-3-4-6-14(13)18/h3-6,11-12H,7-10H2,1-2H3,(H,19,22)(H,20,24). The van der Waals surface area contributed by atoms with Crippen molar-refractivity contribution in [2.75, 3.05) is 39.0 Å². The molecule has 0 aliphatic heterocycles. The third-order valence-corrected chi connectivity index (χ3v) is 3.39. The number of nitrogens with zero attached hydrogens (tertiary/aromatic N) is 3. The zero-order valence-corrected chi connectivity index (χ0v) is 13.9. The number of halogens is 1. The van der Waals surface area contributed by atoms with E-state index in [2.05, 4.69) is 20.6 Å². The molecule has 0 saturated heterocycles. The van der Waals surface area contributed by atoms with Crippen molar-refractivity contribution in [3.05, 3.63) is 53.7 Å². The molecule has 6 nitrogen and oxygen atoms in total. The minimum absolute atomic E-state index is 0.213. The normalized spacial score (nSPS) is 10.7. The molecule has 1 aromatic carbocycles. The summed E-state index contributed by atoms with van der Waals surface area (Å²) in [6, 6.07) is 6.67. The summed E-state index contributed by atoms with van der Waals surface area (Å²) >= 11 is 0. The average Bonchev–Trinajstić information content (AvgIpc) is 2.57. The molecular weight excluding hydrogens is 309 g/mol. The van der Waals surface area contributed by atoms with Gasteiger partial charge < -0.3 is 15.5 Å². The summed E-state index contributed by atoms with van der Waals surface area (Å²) in [5, 5.41) is 5.84. The molecule has 7 heteroatoms. The van der Waals surface area contributed by atoms with Gasteiger partial charge in [0, 0.05) is 19.6 Å². The van der Waals surface area contributed by atoms with E-state index in [1.54, 1.807) is 12.1 Å². The molecule has 0 spiro atoms. The lowest BCUT2D eigenvalue weighted by molar-refractivity contribution is 0.0945. The van der Waals surface area contributed by atoms with Gasteiger partial charge in [-0.05, 0) is 32.1 Å². The van der Waals surface area contributed by atoms with Gasteiger partial charge in [-0.15, -0.1) is 0 Å². The maximum atomic E-state index is 13.5. The van der Waals surface area contributed by atoms with Crippen molar-refractivity contribution < 1.29 is 9.18 Å². The lowest BCUT2D eigenvalue weighted by Gasteiger charge is -2.10. The van der Waals surface area contributed by atoms with Crippen molar-refractivity contribution in [3.8, 4) is 0 Å². The molecule has 0 aliphatic rings. The quantitative estimate of drug-likeness (QED) is 0.768. The number of amides is 1. The van der Waals surface area contributed by atoms with Gasteiger partial charge in [-0.3, -0.25) is 4.79 Å². The van der Waals surface area contributed by atoms with Crippen LogP contribution in [0.2, 0.25) is 0 Å². The van der Waals surface area contributed by atoms with Crippen molar-refractivity contribution in [1.29, 1.82) is 0 Å². The highest BCUT2D eigenvalue weighted by Crippen LogP contribution is 2.08. The number of carbonyl (C=O) groups is 1. The summed E-state index contributed by atoms with van der Waals surface area (Å²) in [7, 11) is 3.88. The van der Waals surface area contributed by atoms with Gasteiger partial charge in [0.15, 0.2) is 0 Å². The molecule has 0 saturated carbocycles. The maximum Gasteiger partial charge on any atom is 0.271 e. The summed E-state index contributed by atoms with van der Waals surface area (Å²) in [4.78, 5) is 22.1. The molecule has 2 aromatic rings. The molecule has 24 heavy (non-hydrogen) atoms. The van der Waals surface area contributed by atoms with Gasteiger partial charge in [-0.2, -0.15) is 0 Å². The van der Waals surface area contributed by atoms with E-state index in [0.29, 0.717) is 30.9 Å². The van der Waals surface area contributed by atoms with Crippen molar-refractivity contribution in [2.45, 2.75) is 6.42 Å². The fraction of sp³-hybridized carbons (Fsp3) is 0.353. The van der Waals surface area contributed by atoms with Crippen molar-refractivity contribution >= 4 is 11.7 Å². The van der Waals surface area contributed by atoms with E-state index >= 15 is 0 Å². The van der Waals surface area contributed by atoms with Crippen LogP contribution in [0.25, 0.3) is 0 Å². The largest absolute Gasteiger partial charge is 0.368 e. The highest BCUT2D eigenvalue weighted by molar-refractivity contribution is 5.91. The molecule has 2 rings (SSSR count). The predicted molar refractivity (Wildman–Crippen MR) is 91.5 cm³/mol. The fourth-order valence-electron chi connectivity index (χ4n) is 2.05. The number of carbonyl (C=O) groups excluding carboxylic acids is 1. The van der Waals surface area contributed by atoms with Crippen LogP contribution in [0.4, 0.5) is 10.2 Å². The second kappa shape index (κ2) is 8.93. The molecule has 0 aliphatic carbocycles. The summed E-state index contributed by atoms with van der Waals surface area (Å²) in [6.45, 7) is 1.84. The lowest BCUT2D eigenvalue weighted by atomic mass is 10.1. The number of rotatable bonds is 8. The third-order valence-electron chi connectivity index (χ3n) is 3.39. The Bertz CT molecular complexity index is 660. The Morgan fingerprint density at radius 1 is 1.17 bits per heavy atom. The number of aromatic nitrogens is 2. The molecule has 1 aromatic heterocycles. The van der Waals surface area contributed by atoms with Crippen LogP contribution in [0.15, 0.2) is 36.7 Å². The van der Waals surface area contributed by atoms with E-state index in [1.807, 2.05) is 25.1 Å². The second-order valence-electron chi connectivity index (χ2n) is 5.61. The van der Waals surface area contributed by atoms with Gasteiger partial charge >= 0.3 is 0 Å². The maximum absolute atomic E-state index is 13.5. The molecule has 0 atom stereocenters. The van der Waals surface area contributed by atoms with E-state index in [0.717, 1.165) is 6.54 Å². The highest BCUT2D eigenvalue weighted by atomic mass is 19.1. The number of anilines is 1. The third kappa shape index (κ3) is 5.58. The van der Waals surface area contributed by atoms with Crippen LogP contribution in [-0.2, 0) is 6.42 Å². The molecule has 0 fully saturated rings. The molecule has 0 bridgehead atoms. The Balaban J connectivity index is 1.79. The summed E-state index contributed by atoms with van der Waals surface area (Å²) < 4.78 is 13.5. The van der Waals surface area contributed by atoms with E-state index in [9.17, 15) is 9.18 Å². The van der Waals surface area contributed by atoms with Gasteiger partial charge in [0.25, 0.3) is 5.91 Å². The average molecular weight is 331 g/mol. The molecule has 0 radical (unpaired) electrons. The number of hydrogen-bond acceptors (Lipinski definition) is 5. The van der Waals surface area contributed by atoms with E-state index in [4.69, 9.17) is 0 Å². The van der Waals surface area contributed by atoms with Crippen LogP contribution >= 0.6 is 0 Å². The Hall–Kier alpha value is -2.54. The smallest absolute Gasteiger partial charge is 0.271 e. The van der Waals surface area contributed by atoms with Gasteiger partial charge in [0.2, 0.25) is 0 Å². The fourth-order valence-corrected chi connectivity index (χ4v) is 2.05. The van der Waals surface area contributed by atoms with E-state index in [1.165, 1.54) is 18.5 Å². The molecule has 1 heterocycles. The van der Waals surface area contributed by atoms with Gasteiger partial charge in [0.05, 0.1) is 12.4 Å². The zero-order valence-electron chi connectivity index (χ0n) is 13.9. The Kier molecular flexibility index (Phi) is 6.62. The van der Waals surface area contributed by atoms with Gasteiger partial charge in [-0.25, -0.2) is 14.4 Å². The highest BCUT2D eigenvalue weighted by Gasteiger charge is 2.07. The monoisotopic (exact) mass is 331 g/mol. The zero-order chi connectivity index (χ0) is 17.4. The van der Waals surface area contributed by atoms with Crippen LogP contribution in [-0.4, -0.2) is 54.5 Å². The number of likely N-dealkylation sites (N-methyl/N-ethyl adjacent to an activating group) is 1. The summed E-state index contributed by atoms with van der Waals surface area (Å²) in [5.74, 6) is 0.0913. The first kappa shape index (κ1) is 17.8. The minimum atomic E-state index is -0.248. The number of nitrogens with one attached hydrogen (secondary N) is 2. The van der Waals surface area contributed by atoms with Crippen molar-refractivity contribution in [3.63, 3.8) is 0 Å². The van der Waals surface area contributed by atoms with Crippen LogP contribution in [0, 0.1) is 5.82 Å². The minimum Gasteiger partial charge on any atom is -0.368 e. The van der Waals surface area contributed by atoms with Crippen LogP contribution < -0.4 is 10.6 Å². The van der Waals surface area contributed by atoms with Crippen LogP contribution in [0.1, 0.15) is 16.1 Å². The lowest BCUT2D eigenvalue weighted by Crippen LogP contribution is -2.31. The predicted octanol–water partition coefficient (Wildman–Crippen LogP) is 1.56. The first-order valence-corrected chi connectivity index (χ1v) is 7.78. The summed E-state index contributed by atoms with van der Waals surface area (Å²) in [5.41, 5.74) is 0.920. The molecular formula is C17H22FN5O. The molecule has 0 unspecified atom stereocenters. The molecule has 1 amide bonds. The second-order valence-corrected chi connectivity index (χ2v) is 5.61. The van der Waals surface area contributed by atoms with Crippen molar-refractivity contribution in [2.24, 2.45) is 0 Å². The Morgan fingerprint density at radius 3 is 2.62 bits per heavy atom. The SMILES string of the molecule is CN(C)CCNC(=O)c1cnc(NCCc2ccccc2F)cn1. The van der Waals surface area contributed by atoms with Crippen LogP contribution in [0.5, 0.6) is 0 Å². The van der Waals surface area contributed by atoms with E-state index in [-0.39, 0.29) is 17.4 Å². The topological polar surface area (TPSA) is 70.2 Å². The Labute approximate surface area is 141 Å². The molecule has 2 N–H and O–H groups in total. The number of hydrogen-bond donors (Lipinski definition) is 2. The molecule has 128 valence electrons. The summed E-state index contributed by atoms with van der Waals surface area (Å²) in [6.07, 6.45) is 3.47. The van der Waals surface area contributed by atoms with Gasteiger partial charge in [-0.1, -0.05) is 18.2 Å².